The van der Waals surface area contributed by atoms with Gasteiger partial charge in [0.15, 0.2) is 0 Å². The van der Waals surface area contributed by atoms with E-state index in [0.717, 1.165) is 17.4 Å². The van der Waals surface area contributed by atoms with Crippen molar-refractivity contribution in [1.29, 1.82) is 0 Å². The van der Waals surface area contributed by atoms with Crippen LogP contribution in [0.2, 0.25) is 25.2 Å². The molecule has 0 nitrogen and oxygen atoms in total. The summed E-state index contributed by atoms with van der Waals surface area (Å²) in [7, 11) is -0.918. The van der Waals surface area contributed by atoms with Crippen molar-refractivity contribution in [3.63, 3.8) is 0 Å². The van der Waals surface area contributed by atoms with Gasteiger partial charge in [0, 0.05) is 8.07 Å². The van der Waals surface area contributed by atoms with Gasteiger partial charge in [-0.3, -0.25) is 0 Å². The summed E-state index contributed by atoms with van der Waals surface area (Å²) in [5.41, 5.74) is 1.03. The van der Waals surface area contributed by atoms with Crippen molar-refractivity contribution in [2.24, 2.45) is 11.8 Å². The van der Waals surface area contributed by atoms with Crippen molar-refractivity contribution in [1.82, 2.24) is 0 Å². The van der Waals surface area contributed by atoms with E-state index < -0.39 is 8.07 Å². The second-order valence-electron chi connectivity index (χ2n) is 5.56. The van der Waals surface area contributed by atoms with Crippen LogP contribution in [0, 0.1) is 11.8 Å². The molecule has 72 valence electrons. The molecule has 0 bridgehead atoms. The molecule has 3 atom stereocenters. The zero-order valence-electron chi connectivity index (χ0n) is 8.96. The first-order chi connectivity index (χ1) is 6.09. The summed E-state index contributed by atoms with van der Waals surface area (Å²) in [6.45, 7) is 7.56. The van der Waals surface area contributed by atoms with Crippen LogP contribution in [-0.2, 0) is 0 Å². The van der Waals surface area contributed by atoms with Crippen molar-refractivity contribution >= 4 is 8.07 Å². The summed E-state index contributed by atoms with van der Waals surface area (Å²) >= 11 is 0. The molecule has 0 spiro atoms. The van der Waals surface area contributed by atoms with Gasteiger partial charge < -0.3 is 0 Å². The summed E-state index contributed by atoms with van der Waals surface area (Å²) in [6, 6.07) is 0. The summed E-state index contributed by atoms with van der Waals surface area (Å²) < 4.78 is 0. The molecule has 0 aromatic carbocycles. The minimum absolute atomic E-state index is 0.877. The molecule has 0 aromatic rings. The van der Waals surface area contributed by atoms with E-state index in [9.17, 15) is 0 Å². The molecule has 0 N–H and O–H groups in total. The average Bonchev–Trinajstić information content (AvgIpc) is 2.45. The molecule has 3 unspecified atom stereocenters. The van der Waals surface area contributed by atoms with Gasteiger partial charge in [-0.2, -0.15) is 0 Å². The van der Waals surface area contributed by atoms with E-state index in [4.69, 9.17) is 0 Å². The van der Waals surface area contributed by atoms with E-state index in [2.05, 4.69) is 43.9 Å². The van der Waals surface area contributed by atoms with E-state index in [1.165, 1.54) is 12.8 Å². The third-order valence-corrected chi connectivity index (χ3v) is 6.58. The summed E-state index contributed by atoms with van der Waals surface area (Å²) in [5, 5.41) is 0. The normalized spacial score (nSPS) is 37.9. The van der Waals surface area contributed by atoms with Crippen molar-refractivity contribution in [2.45, 2.75) is 38.0 Å². The standard InChI is InChI=1S/C12H20Si/c1-13(2,3)12-9-8-10-6-4-5-7-11(10)12/h4-7,10-12H,8-9H2,1-3H3. The van der Waals surface area contributed by atoms with Crippen molar-refractivity contribution in [3.8, 4) is 0 Å². The van der Waals surface area contributed by atoms with Crippen LogP contribution in [0.5, 0.6) is 0 Å². The number of hydrogen-bond donors (Lipinski definition) is 0. The van der Waals surface area contributed by atoms with Gasteiger partial charge in [-0.15, -0.1) is 0 Å². The highest BCUT2D eigenvalue weighted by Crippen LogP contribution is 2.49. The van der Waals surface area contributed by atoms with Crippen molar-refractivity contribution < 1.29 is 0 Å². The zero-order valence-corrected chi connectivity index (χ0v) is 9.96. The highest BCUT2D eigenvalue weighted by atomic mass is 28.3. The van der Waals surface area contributed by atoms with E-state index >= 15 is 0 Å². The Labute approximate surface area is 82.7 Å². The van der Waals surface area contributed by atoms with Gasteiger partial charge in [0.1, 0.15) is 0 Å². The van der Waals surface area contributed by atoms with Crippen LogP contribution in [0.1, 0.15) is 12.8 Å². The molecule has 1 heteroatoms. The molecule has 0 radical (unpaired) electrons. The highest BCUT2D eigenvalue weighted by molar-refractivity contribution is 6.77. The highest BCUT2D eigenvalue weighted by Gasteiger charge is 2.40. The maximum atomic E-state index is 2.52. The third kappa shape index (κ3) is 1.67. The van der Waals surface area contributed by atoms with E-state index in [1.807, 2.05) is 0 Å². The van der Waals surface area contributed by atoms with Gasteiger partial charge in [-0.25, -0.2) is 0 Å². The van der Waals surface area contributed by atoms with Crippen LogP contribution in [0.4, 0.5) is 0 Å². The van der Waals surface area contributed by atoms with Crippen molar-refractivity contribution in [2.75, 3.05) is 0 Å². The van der Waals surface area contributed by atoms with Gasteiger partial charge in [0.25, 0.3) is 0 Å². The molecule has 0 heterocycles. The molecule has 0 saturated heterocycles. The molecule has 2 rings (SSSR count). The maximum Gasteiger partial charge on any atom is 0.0479 e. The summed E-state index contributed by atoms with van der Waals surface area (Å²) in [5.74, 6) is 1.76. The first-order valence-electron chi connectivity index (χ1n) is 5.44. The largest absolute Gasteiger partial charge is 0.0808 e. The lowest BCUT2D eigenvalue weighted by atomic mass is 9.92. The van der Waals surface area contributed by atoms with E-state index in [-0.39, 0.29) is 0 Å². The van der Waals surface area contributed by atoms with Crippen LogP contribution < -0.4 is 0 Å². The Morgan fingerprint density at radius 2 is 1.69 bits per heavy atom. The second kappa shape index (κ2) is 3.12. The molecule has 2 aliphatic carbocycles. The Hall–Kier alpha value is -0.303. The Kier molecular flexibility index (Phi) is 2.23. The topological polar surface area (TPSA) is 0 Å². The van der Waals surface area contributed by atoms with Crippen LogP contribution >= 0.6 is 0 Å². The second-order valence-corrected chi connectivity index (χ2v) is 11.0. The van der Waals surface area contributed by atoms with Crippen LogP contribution in [0.15, 0.2) is 24.3 Å². The Balaban J connectivity index is 2.18. The van der Waals surface area contributed by atoms with Crippen LogP contribution in [-0.4, -0.2) is 8.07 Å². The Morgan fingerprint density at radius 1 is 1.00 bits per heavy atom. The molecule has 13 heavy (non-hydrogen) atoms. The Bertz CT molecular complexity index is 244. The van der Waals surface area contributed by atoms with Gasteiger partial charge in [-0.1, -0.05) is 50.4 Å². The maximum absolute atomic E-state index is 2.52. The molecule has 0 aliphatic heterocycles. The first kappa shape index (κ1) is 9.26. The molecule has 1 saturated carbocycles. The van der Waals surface area contributed by atoms with Gasteiger partial charge in [-0.05, 0) is 23.8 Å². The number of fused-ring (bicyclic) bond motifs is 1. The smallest absolute Gasteiger partial charge is 0.0479 e. The van der Waals surface area contributed by atoms with Crippen LogP contribution in [0.3, 0.4) is 0 Å². The van der Waals surface area contributed by atoms with E-state index in [1.54, 1.807) is 0 Å². The quantitative estimate of drug-likeness (QED) is 0.554. The first-order valence-corrected chi connectivity index (χ1v) is 9.02. The Morgan fingerprint density at radius 3 is 2.38 bits per heavy atom. The fourth-order valence-corrected chi connectivity index (χ4v) is 5.51. The fourth-order valence-electron chi connectivity index (χ4n) is 2.97. The number of allylic oxidation sites excluding steroid dienone is 4. The average molecular weight is 192 g/mol. The fraction of sp³-hybridized carbons (Fsp3) is 0.667. The molecule has 0 amide bonds. The number of rotatable bonds is 1. The zero-order chi connectivity index (χ0) is 9.47. The predicted octanol–water partition coefficient (Wildman–Crippen LogP) is 3.85. The molecule has 1 fully saturated rings. The predicted molar refractivity (Wildman–Crippen MR) is 61.6 cm³/mol. The lowest BCUT2D eigenvalue weighted by molar-refractivity contribution is 0.545. The molecular weight excluding hydrogens is 172 g/mol. The minimum atomic E-state index is -0.918. The molecule has 2 aliphatic rings. The minimum Gasteiger partial charge on any atom is -0.0808 e. The van der Waals surface area contributed by atoms with Crippen molar-refractivity contribution in [3.05, 3.63) is 24.3 Å². The van der Waals surface area contributed by atoms with Gasteiger partial charge in [0.2, 0.25) is 0 Å². The monoisotopic (exact) mass is 192 g/mol. The summed E-state index contributed by atoms with van der Waals surface area (Å²) in [6.07, 6.45) is 12.3. The SMILES string of the molecule is C[Si](C)(C)C1CCC2C=CC=CC21. The third-order valence-electron chi connectivity index (χ3n) is 3.69. The van der Waals surface area contributed by atoms with Gasteiger partial charge >= 0.3 is 0 Å². The lowest BCUT2D eigenvalue weighted by Gasteiger charge is -2.31. The lowest BCUT2D eigenvalue weighted by Crippen LogP contribution is -2.31. The molecular formula is C12H20Si. The molecule has 0 aromatic heterocycles. The summed E-state index contributed by atoms with van der Waals surface area (Å²) in [4.78, 5) is 0. The van der Waals surface area contributed by atoms with Gasteiger partial charge in [0.05, 0.1) is 0 Å². The van der Waals surface area contributed by atoms with Crippen LogP contribution in [0.25, 0.3) is 0 Å². The number of hydrogen-bond acceptors (Lipinski definition) is 0. The van der Waals surface area contributed by atoms with E-state index in [0.29, 0.717) is 0 Å².